The fourth-order valence-corrected chi connectivity index (χ4v) is 5.94. The molecule has 0 N–H and O–H groups in total. The molecule has 0 atom stereocenters. The maximum Gasteiger partial charge on any atom is 0.246 e. The lowest BCUT2D eigenvalue weighted by Gasteiger charge is -2.37. The molecule has 1 aromatic carbocycles. The van der Waals surface area contributed by atoms with Crippen molar-refractivity contribution in [2.75, 3.05) is 32.7 Å². The molecule has 2 rings (SSSR count). The lowest BCUT2D eigenvalue weighted by Crippen LogP contribution is -2.53. The molecule has 0 saturated carbocycles. The van der Waals surface area contributed by atoms with E-state index in [0.717, 1.165) is 0 Å². The van der Waals surface area contributed by atoms with E-state index >= 15 is 0 Å². The number of benzene rings is 1. The zero-order valence-electron chi connectivity index (χ0n) is 16.2. The Balaban J connectivity index is 2.04. The van der Waals surface area contributed by atoms with Crippen LogP contribution in [0.2, 0.25) is 10.0 Å². The molecule has 1 heterocycles. The molecule has 27 heavy (non-hydrogen) atoms. The van der Waals surface area contributed by atoms with Crippen LogP contribution < -0.4 is 0 Å². The van der Waals surface area contributed by atoms with Gasteiger partial charge in [-0.2, -0.15) is 4.31 Å². The first-order valence-electron chi connectivity index (χ1n) is 9.03. The number of amides is 1. The number of hydrogen-bond acceptors (Lipinski definition) is 4. The van der Waals surface area contributed by atoms with Gasteiger partial charge in [0.05, 0.1) is 16.6 Å². The van der Waals surface area contributed by atoms with E-state index in [1.54, 1.807) is 6.07 Å². The topological polar surface area (TPSA) is 60.9 Å². The van der Waals surface area contributed by atoms with Crippen LogP contribution in [0.1, 0.15) is 27.7 Å². The smallest absolute Gasteiger partial charge is 0.246 e. The van der Waals surface area contributed by atoms with Crippen LogP contribution in [0.5, 0.6) is 0 Å². The average Bonchev–Trinajstić information content (AvgIpc) is 2.54. The summed E-state index contributed by atoms with van der Waals surface area (Å²) in [4.78, 5) is 16.4. The quantitative estimate of drug-likeness (QED) is 0.688. The van der Waals surface area contributed by atoms with E-state index in [-0.39, 0.29) is 39.5 Å². The summed E-state index contributed by atoms with van der Waals surface area (Å²) in [5.41, 5.74) is 0. The first-order valence-corrected chi connectivity index (χ1v) is 11.2. The molecule has 1 amide bonds. The minimum absolute atomic E-state index is 0.0522. The summed E-state index contributed by atoms with van der Waals surface area (Å²) in [6.07, 6.45) is 0. The normalized spacial score (nSPS) is 16.9. The third kappa shape index (κ3) is 5.15. The Morgan fingerprint density at radius 1 is 1.04 bits per heavy atom. The summed E-state index contributed by atoms with van der Waals surface area (Å²) in [6.45, 7) is 9.82. The van der Waals surface area contributed by atoms with Gasteiger partial charge in [0.25, 0.3) is 0 Å². The molecule has 0 spiro atoms. The fraction of sp³-hybridized carbons (Fsp3) is 0.611. The van der Waals surface area contributed by atoms with Gasteiger partial charge in [-0.1, -0.05) is 29.3 Å². The van der Waals surface area contributed by atoms with Crippen molar-refractivity contribution in [1.82, 2.24) is 14.1 Å². The number of halogens is 2. The number of hydrogen-bond donors (Lipinski definition) is 0. The molecule has 1 aromatic rings. The third-order valence-electron chi connectivity index (χ3n) is 4.61. The van der Waals surface area contributed by atoms with Crippen molar-refractivity contribution in [1.29, 1.82) is 0 Å². The van der Waals surface area contributed by atoms with Gasteiger partial charge in [0.1, 0.15) is 4.90 Å². The van der Waals surface area contributed by atoms with Crippen LogP contribution in [0.15, 0.2) is 23.1 Å². The summed E-state index contributed by atoms with van der Waals surface area (Å²) in [5, 5.41) is 0.231. The Morgan fingerprint density at radius 2 is 1.52 bits per heavy atom. The Bertz CT molecular complexity index is 748. The zero-order chi connectivity index (χ0) is 20.4. The summed E-state index contributed by atoms with van der Waals surface area (Å²) < 4.78 is 27.2. The van der Waals surface area contributed by atoms with Crippen LogP contribution in [0, 0.1) is 0 Å². The highest BCUT2D eigenvalue weighted by Crippen LogP contribution is 2.31. The zero-order valence-corrected chi connectivity index (χ0v) is 18.5. The molecular formula is C18H27Cl2N3O3S. The van der Waals surface area contributed by atoms with Gasteiger partial charge < -0.3 is 4.90 Å². The first-order chi connectivity index (χ1) is 12.6. The molecule has 0 unspecified atom stereocenters. The van der Waals surface area contributed by atoms with Crippen molar-refractivity contribution >= 4 is 39.1 Å². The lowest BCUT2D eigenvalue weighted by atomic mass is 10.2. The van der Waals surface area contributed by atoms with E-state index in [1.165, 1.54) is 16.4 Å². The summed E-state index contributed by atoms with van der Waals surface area (Å²) in [5.74, 6) is 0.0606. The van der Waals surface area contributed by atoms with Gasteiger partial charge in [-0.25, -0.2) is 8.42 Å². The van der Waals surface area contributed by atoms with E-state index in [4.69, 9.17) is 23.2 Å². The molecule has 1 aliphatic heterocycles. The largest absolute Gasteiger partial charge is 0.337 e. The van der Waals surface area contributed by atoms with Crippen molar-refractivity contribution in [3.63, 3.8) is 0 Å². The highest BCUT2D eigenvalue weighted by Gasteiger charge is 2.33. The summed E-state index contributed by atoms with van der Waals surface area (Å²) in [6, 6.07) is 4.90. The average molecular weight is 436 g/mol. The lowest BCUT2D eigenvalue weighted by molar-refractivity contribution is -0.136. The predicted octanol–water partition coefficient (Wildman–Crippen LogP) is 2.95. The van der Waals surface area contributed by atoms with Gasteiger partial charge in [-0.05, 0) is 39.8 Å². The molecule has 0 radical (unpaired) electrons. The number of piperazine rings is 1. The van der Waals surface area contributed by atoms with E-state index in [2.05, 4.69) is 0 Å². The Hall–Kier alpha value is -0.860. The molecule has 0 bridgehead atoms. The number of rotatable bonds is 6. The predicted molar refractivity (Wildman–Crippen MR) is 109 cm³/mol. The standard InChI is InChI=1S/C18H27Cl2N3O3S/c1-13(2)23(14(3)4)17(24)12-21-8-10-22(11-9-21)27(25,26)18-15(19)6-5-7-16(18)20/h5-7,13-14H,8-12H2,1-4H3. The van der Waals surface area contributed by atoms with Gasteiger partial charge in [0.2, 0.25) is 15.9 Å². The molecule has 0 aromatic heterocycles. The van der Waals surface area contributed by atoms with Gasteiger partial charge in [-0.15, -0.1) is 0 Å². The van der Waals surface area contributed by atoms with Crippen molar-refractivity contribution in [3.05, 3.63) is 28.2 Å². The molecule has 9 heteroatoms. The second kappa shape index (κ2) is 9.09. The van der Waals surface area contributed by atoms with Crippen molar-refractivity contribution in [2.24, 2.45) is 0 Å². The number of carbonyl (C=O) groups excluding carboxylic acids is 1. The Labute approximate surface area is 172 Å². The number of sulfonamides is 1. The van der Waals surface area contributed by atoms with Crippen LogP contribution in [0.25, 0.3) is 0 Å². The third-order valence-corrected chi connectivity index (χ3v) is 7.46. The van der Waals surface area contributed by atoms with Crippen LogP contribution in [-0.2, 0) is 14.8 Å². The molecule has 1 aliphatic rings. The van der Waals surface area contributed by atoms with E-state index in [0.29, 0.717) is 26.2 Å². The molecule has 1 saturated heterocycles. The van der Waals surface area contributed by atoms with Crippen LogP contribution in [0.3, 0.4) is 0 Å². The van der Waals surface area contributed by atoms with Gasteiger partial charge in [-0.3, -0.25) is 9.69 Å². The van der Waals surface area contributed by atoms with Crippen molar-refractivity contribution in [3.8, 4) is 0 Å². The minimum Gasteiger partial charge on any atom is -0.337 e. The Morgan fingerprint density at radius 3 is 1.96 bits per heavy atom. The van der Waals surface area contributed by atoms with Crippen molar-refractivity contribution < 1.29 is 13.2 Å². The second-order valence-electron chi connectivity index (χ2n) is 7.22. The maximum absolute atomic E-state index is 12.9. The van der Waals surface area contributed by atoms with E-state index in [9.17, 15) is 13.2 Å². The maximum atomic E-state index is 12.9. The molecule has 6 nitrogen and oxygen atoms in total. The number of carbonyl (C=O) groups is 1. The first kappa shape index (κ1) is 22.4. The van der Waals surface area contributed by atoms with E-state index < -0.39 is 10.0 Å². The van der Waals surface area contributed by atoms with Crippen molar-refractivity contribution in [2.45, 2.75) is 44.7 Å². The Kier molecular flexibility index (Phi) is 7.55. The highest BCUT2D eigenvalue weighted by atomic mass is 35.5. The molecule has 152 valence electrons. The molecule has 0 aliphatic carbocycles. The summed E-state index contributed by atoms with van der Waals surface area (Å²) >= 11 is 12.1. The molecular weight excluding hydrogens is 409 g/mol. The molecule has 1 fully saturated rings. The van der Waals surface area contributed by atoms with Gasteiger partial charge in [0.15, 0.2) is 0 Å². The van der Waals surface area contributed by atoms with Crippen LogP contribution in [0.4, 0.5) is 0 Å². The van der Waals surface area contributed by atoms with Crippen LogP contribution >= 0.6 is 23.2 Å². The second-order valence-corrected chi connectivity index (χ2v) is 9.91. The van der Waals surface area contributed by atoms with Crippen LogP contribution in [-0.4, -0.2) is 73.2 Å². The monoisotopic (exact) mass is 435 g/mol. The highest BCUT2D eigenvalue weighted by molar-refractivity contribution is 7.89. The van der Waals surface area contributed by atoms with Gasteiger partial charge in [0, 0.05) is 38.3 Å². The minimum atomic E-state index is -3.77. The SMILES string of the molecule is CC(C)N(C(=O)CN1CCN(S(=O)(=O)c2c(Cl)cccc2Cl)CC1)C(C)C. The fourth-order valence-electron chi connectivity index (χ4n) is 3.43. The van der Waals surface area contributed by atoms with Gasteiger partial charge >= 0.3 is 0 Å². The summed E-state index contributed by atoms with van der Waals surface area (Å²) in [7, 11) is -3.77. The van der Waals surface area contributed by atoms with E-state index in [1.807, 2.05) is 37.5 Å². The number of nitrogens with zero attached hydrogens (tertiary/aromatic N) is 3.